The van der Waals surface area contributed by atoms with Gasteiger partial charge in [0.25, 0.3) is 0 Å². The number of rotatable bonds is 5. The van der Waals surface area contributed by atoms with Crippen molar-refractivity contribution < 1.29 is 19.5 Å². The Kier molecular flexibility index (Phi) is 6.42. The van der Waals surface area contributed by atoms with Gasteiger partial charge in [0.1, 0.15) is 0 Å². The number of aromatic hydroxyl groups is 2. The maximum atomic E-state index is 9.62. The van der Waals surface area contributed by atoms with Crippen molar-refractivity contribution in [3.63, 3.8) is 0 Å². The molecule has 10 heteroatoms. The van der Waals surface area contributed by atoms with Gasteiger partial charge in [-0.15, -0.1) is 0 Å². The Bertz CT molecular complexity index is 539. The molecule has 0 aliphatic carbocycles. The topological polar surface area (TPSA) is 89.8 Å². The summed E-state index contributed by atoms with van der Waals surface area (Å²) in [6.07, 6.45) is 0. The minimum absolute atomic E-state index is 0.103. The third-order valence-corrected chi connectivity index (χ3v) is 3.62. The summed E-state index contributed by atoms with van der Waals surface area (Å²) in [5.74, 6) is 0.543. The second-order valence-corrected chi connectivity index (χ2v) is 5.16. The Labute approximate surface area is 137 Å². The van der Waals surface area contributed by atoms with Crippen molar-refractivity contribution >= 4 is 26.9 Å². The Morgan fingerprint density at radius 2 is 1.87 bits per heavy atom. The lowest BCUT2D eigenvalue weighted by molar-refractivity contribution is 0.372. The van der Waals surface area contributed by atoms with Crippen molar-refractivity contribution in [2.45, 2.75) is 0 Å². The van der Waals surface area contributed by atoms with Gasteiger partial charge in [0, 0.05) is 52.2 Å². The molecule has 0 amide bonds. The van der Waals surface area contributed by atoms with E-state index in [2.05, 4.69) is 19.9 Å². The molecule has 0 bridgehead atoms. The smallest absolute Gasteiger partial charge is 0.418 e. The second-order valence-electron chi connectivity index (χ2n) is 5.16. The van der Waals surface area contributed by atoms with E-state index < -0.39 is 0 Å². The van der Waals surface area contributed by atoms with Gasteiger partial charge in [-0.1, -0.05) is 0 Å². The summed E-state index contributed by atoms with van der Waals surface area (Å²) >= 11 is 0. The van der Waals surface area contributed by atoms with Crippen LogP contribution in [0.1, 0.15) is 0 Å². The molecule has 2 rings (SSSR count). The molecule has 0 aromatic heterocycles. The monoisotopic (exact) mass is 320 g/mol. The van der Waals surface area contributed by atoms with Gasteiger partial charge in [0.15, 0.2) is 17.5 Å². The fraction of sp³-hybridized carbons (Fsp3) is 0.462. The summed E-state index contributed by atoms with van der Waals surface area (Å²) in [6, 6.07) is 4.88. The van der Waals surface area contributed by atoms with E-state index in [0.29, 0.717) is 7.62 Å². The number of phenols is 2. The predicted molar refractivity (Wildman–Crippen MR) is 92.4 cm³/mol. The van der Waals surface area contributed by atoms with Crippen LogP contribution in [-0.4, -0.2) is 76.7 Å². The van der Waals surface area contributed by atoms with Crippen molar-refractivity contribution in [2.24, 2.45) is 4.90 Å². The molecule has 0 saturated carbocycles. The van der Waals surface area contributed by atoms with Crippen molar-refractivity contribution in [1.29, 1.82) is 0 Å². The van der Waals surface area contributed by atoms with E-state index in [1.165, 1.54) is 6.07 Å². The average molecular weight is 320 g/mol. The fourth-order valence-corrected chi connectivity index (χ4v) is 2.42. The van der Waals surface area contributed by atoms with Gasteiger partial charge in [0.2, 0.25) is 0 Å². The lowest BCUT2D eigenvalue weighted by Crippen LogP contribution is -2.53. The zero-order valence-electron chi connectivity index (χ0n) is 13.5. The molecule has 1 fully saturated rings. The number of anilines is 1. The molecule has 1 saturated heterocycles. The van der Waals surface area contributed by atoms with E-state index in [-0.39, 0.29) is 19.1 Å². The highest BCUT2D eigenvalue weighted by molar-refractivity contribution is 6.34. The molecule has 23 heavy (non-hydrogen) atoms. The van der Waals surface area contributed by atoms with E-state index >= 15 is 0 Å². The average Bonchev–Trinajstić information content (AvgIpc) is 2.58. The molecule has 0 atom stereocenters. The molecule has 1 aliphatic rings. The molecule has 0 spiro atoms. The van der Waals surface area contributed by atoms with Gasteiger partial charge in [-0.25, -0.2) is 0 Å². The standard InChI is InChI=1S/C13H22B2N4O4/c1-22-14-16-13(17-15-23-2)19-7-5-18(6-8-19)10-3-4-11(20)12(21)9-10/h3-4,9,14-15,20-21H,5-8H2,1-2H3,(H,16,17). The van der Waals surface area contributed by atoms with Crippen LogP contribution in [0.5, 0.6) is 11.5 Å². The summed E-state index contributed by atoms with van der Waals surface area (Å²) in [4.78, 5) is 8.65. The van der Waals surface area contributed by atoms with E-state index in [1.807, 2.05) is 0 Å². The number of guanidine groups is 1. The molecular weight excluding hydrogens is 298 g/mol. The van der Waals surface area contributed by atoms with E-state index in [4.69, 9.17) is 9.31 Å². The first-order valence-electron chi connectivity index (χ1n) is 7.43. The lowest BCUT2D eigenvalue weighted by Gasteiger charge is -2.37. The van der Waals surface area contributed by atoms with Crippen LogP contribution in [0, 0.1) is 0 Å². The summed E-state index contributed by atoms with van der Waals surface area (Å²) in [7, 11) is 3.90. The molecule has 1 aliphatic heterocycles. The third-order valence-electron chi connectivity index (χ3n) is 3.62. The molecular formula is C13H22B2N4O4. The first-order valence-corrected chi connectivity index (χ1v) is 7.43. The number of nitrogens with zero attached hydrogens (tertiary/aromatic N) is 3. The van der Waals surface area contributed by atoms with Gasteiger partial charge in [-0.2, -0.15) is 0 Å². The molecule has 0 unspecified atom stereocenters. The van der Waals surface area contributed by atoms with E-state index in [9.17, 15) is 10.2 Å². The Morgan fingerprint density at radius 3 is 2.48 bits per heavy atom. The molecule has 8 nitrogen and oxygen atoms in total. The maximum Gasteiger partial charge on any atom is 0.418 e. The zero-order chi connectivity index (χ0) is 16.7. The Hall–Kier alpha value is -2.06. The van der Waals surface area contributed by atoms with Crippen molar-refractivity contribution in [3.05, 3.63) is 18.2 Å². The number of hydrogen-bond acceptors (Lipinski definition) is 6. The molecule has 1 aromatic rings. The van der Waals surface area contributed by atoms with Crippen LogP contribution in [0.2, 0.25) is 0 Å². The third kappa shape index (κ3) is 4.70. The van der Waals surface area contributed by atoms with Crippen LogP contribution in [0.25, 0.3) is 0 Å². The summed E-state index contributed by atoms with van der Waals surface area (Å²) in [5, 5.41) is 22.1. The normalized spacial score (nSPS) is 15.5. The highest BCUT2D eigenvalue weighted by Crippen LogP contribution is 2.29. The van der Waals surface area contributed by atoms with Crippen molar-refractivity contribution in [2.75, 3.05) is 45.3 Å². The van der Waals surface area contributed by atoms with E-state index in [0.717, 1.165) is 37.8 Å². The van der Waals surface area contributed by atoms with Gasteiger partial charge in [-0.05, 0) is 12.1 Å². The highest BCUT2D eigenvalue weighted by Gasteiger charge is 2.20. The minimum atomic E-state index is -0.106. The Morgan fingerprint density at radius 1 is 1.13 bits per heavy atom. The number of nitrogens with one attached hydrogen (secondary N) is 1. The van der Waals surface area contributed by atoms with Crippen LogP contribution < -0.4 is 10.1 Å². The van der Waals surface area contributed by atoms with Gasteiger partial charge in [-0.3, -0.25) is 4.90 Å². The number of piperazine rings is 1. The van der Waals surface area contributed by atoms with Crippen molar-refractivity contribution in [3.8, 4) is 11.5 Å². The van der Waals surface area contributed by atoms with Crippen LogP contribution in [-0.2, 0) is 9.31 Å². The summed E-state index contributed by atoms with van der Waals surface area (Å²) in [5.41, 5.74) is 0.889. The quantitative estimate of drug-likeness (QED) is 0.277. The van der Waals surface area contributed by atoms with Crippen LogP contribution >= 0.6 is 0 Å². The van der Waals surface area contributed by atoms with Crippen LogP contribution in [0.4, 0.5) is 5.69 Å². The largest absolute Gasteiger partial charge is 0.504 e. The van der Waals surface area contributed by atoms with Gasteiger partial charge < -0.3 is 34.5 Å². The highest BCUT2D eigenvalue weighted by atomic mass is 16.4. The first kappa shape index (κ1) is 17.3. The Balaban J connectivity index is 1.96. The number of hydrogen-bond donors (Lipinski definition) is 3. The number of benzene rings is 1. The maximum absolute atomic E-state index is 9.62. The van der Waals surface area contributed by atoms with Crippen LogP contribution in [0.3, 0.4) is 0 Å². The minimum Gasteiger partial charge on any atom is -0.504 e. The summed E-state index contributed by atoms with van der Waals surface area (Å²) in [6.45, 7) is 3.12. The van der Waals surface area contributed by atoms with Gasteiger partial charge in [0.05, 0.1) is 0 Å². The van der Waals surface area contributed by atoms with Crippen molar-refractivity contribution in [1.82, 2.24) is 10.1 Å². The SMILES string of the molecule is COB/N=C(\NBOC)N1CCN(c2ccc(O)c(O)c2)CC1. The molecule has 124 valence electrons. The zero-order valence-corrected chi connectivity index (χ0v) is 13.5. The van der Waals surface area contributed by atoms with Crippen LogP contribution in [0.15, 0.2) is 23.1 Å². The summed E-state index contributed by atoms with van der Waals surface area (Å²) < 4.78 is 10.0. The van der Waals surface area contributed by atoms with Gasteiger partial charge >= 0.3 is 15.2 Å². The predicted octanol–water partition coefficient (Wildman–Crippen LogP) is -1.01. The number of phenolic OH excluding ortho intramolecular Hbond substituents is 2. The first-order chi connectivity index (χ1) is 11.2. The molecule has 1 heterocycles. The lowest BCUT2D eigenvalue weighted by atomic mass is 10.2. The molecule has 1 aromatic carbocycles. The fourth-order valence-electron chi connectivity index (χ4n) is 2.42. The molecule has 3 N–H and O–H groups in total. The van der Waals surface area contributed by atoms with E-state index in [1.54, 1.807) is 26.4 Å². The second kappa shape index (κ2) is 8.54. The molecule has 0 radical (unpaired) electrons.